The molecule has 1 N–H and O–H groups in total. The van der Waals surface area contributed by atoms with E-state index < -0.39 is 21.5 Å². The summed E-state index contributed by atoms with van der Waals surface area (Å²) in [6, 6.07) is 0. The first-order valence-corrected chi connectivity index (χ1v) is 13.5. The summed E-state index contributed by atoms with van der Waals surface area (Å²) in [7, 11) is -4.31. The Labute approximate surface area is 204 Å². The van der Waals surface area contributed by atoms with Crippen molar-refractivity contribution in [2.45, 2.75) is 147 Å². The Hall–Kier alpha value is 0.870. The summed E-state index contributed by atoms with van der Waals surface area (Å²) in [5, 5.41) is 8.88. The molecule has 0 saturated heterocycles. The van der Waals surface area contributed by atoms with Gasteiger partial charge in [-0.1, -0.05) is 117 Å². The molecule has 0 radical (unpaired) electrons. The number of aliphatic hydroxyl groups is 1. The van der Waals surface area contributed by atoms with E-state index in [1.54, 1.807) is 0 Å². The molecular formula is C23H47NaO4S. The maximum absolute atomic E-state index is 11.4. The molecule has 0 aliphatic carbocycles. The van der Waals surface area contributed by atoms with Gasteiger partial charge in [-0.2, -0.15) is 0 Å². The van der Waals surface area contributed by atoms with E-state index in [-0.39, 0.29) is 36.0 Å². The van der Waals surface area contributed by atoms with Crippen molar-refractivity contribution in [1.29, 1.82) is 0 Å². The normalized spacial score (nSPS) is 13.8. The van der Waals surface area contributed by atoms with Crippen molar-refractivity contribution < 1.29 is 47.6 Å². The topological polar surface area (TPSA) is 77.4 Å². The molecule has 0 rings (SSSR count). The van der Waals surface area contributed by atoms with E-state index in [4.69, 9.17) is 0 Å². The van der Waals surface area contributed by atoms with Crippen molar-refractivity contribution in [2.24, 2.45) is 0 Å². The summed E-state index contributed by atoms with van der Waals surface area (Å²) in [5.74, 6) is 0. The van der Waals surface area contributed by atoms with Gasteiger partial charge >= 0.3 is 29.6 Å². The number of rotatable bonds is 21. The van der Waals surface area contributed by atoms with Crippen molar-refractivity contribution in [3.8, 4) is 0 Å². The van der Waals surface area contributed by atoms with Crippen LogP contribution in [0.2, 0.25) is 0 Å². The van der Waals surface area contributed by atoms with Crippen molar-refractivity contribution in [3.63, 3.8) is 0 Å². The Balaban J connectivity index is 0. The summed E-state index contributed by atoms with van der Waals surface area (Å²) in [4.78, 5) is 0. The van der Waals surface area contributed by atoms with E-state index in [2.05, 4.69) is 6.92 Å². The van der Waals surface area contributed by atoms with E-state index >= 15 is 0 Å². The van der Waals surface area contributed by atoms with Crippen LogP contribution < -0.4 is 29.6 Å². The third-order valence-corrected chi connectivity index (χ3v) is 6.94. The van der Waals surface area contributed by atoms with E-state index in [0.717, 1.165) is 25.7 Å². The smallest absolute Gasteiger partial charge is 0.748 e. The van der Waals surface area contributed by atoms with Crippen LogP contribution in [0.4, 0.5) is 0 Å². The summed E-state index contributed by atoms with van der Waals surface area (Å²) in [6.07, 6.45) is 20.2. The zero-order valence-electron chi connectivity index (χ0n) is 19.7. The average molecular weight is 443 g/mol. The third-order valence-electron chi connectivity index (χ3n) is 5.69. The molecule has 0 aromatic heterocycles. The number of hydrogen-bond acceptors (Lipinski definition) is 4. The fourth-order valence-electron chi connectivity index (χ4n) is 3.88. The SMILES string of the molecule is CCCCCCCCCCCCCCCCCC(CC(O)CCC)S(=O)(=O)[O-].[Na+]. The summed E-state index contributed by atoms with van der Waals surface area (Å²) >= 11 is 0. The van der Waals surface area contributed by atoms with Crippen LogP contribution in [0.15, 0.2) is 0 Å². The molecule has 0 amide bonds. The maximum Gasteiger partial charge on any atom is 1.00 e. The van der Waals surface area contributed by atoms with Gasteiger partial charge in [0.15, 0.2) is 0 Å². The maximum atomic E-state index is 11.4. The molecule has 0 spiro atoms. The minimum atomic E-state index is -4.31. The van der Waals surface area contributed by atoms with Crippen LogP contribution in [0.3, 0.4) is 0 Å². The van der Waals surface area contributed by atoms with Gasteiger partial charge in [0.2, 0.25) is 0 Å². The Morgan fingerprint density at radius 2 is 1.03 bits per heavy atom. The predicted octanol–water partition coefficient (Wildman–Crippen LogP) is 3.72. The zero-order valence-corrected chi connectivity index (χ0v) is 22.5. The zero-order chi connectivity index (χ0) is 21.1. The quantitative estimate of drug-likeness (QED) is 0.167. The molecule has 0 bridgehead atoms. The molecule has 6 heteroatoms. The van der Waals surface area contributed by atoms with Gasteiger partial charge in [-0.15, -0.1) is 0 Å². The molecule has 0 aliphatic heterocycles. The van der Waals surface area contributed by atoms with Gasteiger partial charge in [-0.3, -0.25) is 0 Å². The largest absolute Gasteiger partial charge is 1.00 e. The Morgan fingerprint density at radius 1 is 0.655 bits per heavy atom. The van der Waals surface area contributed by atoms with Crippen LogP contribution >= 0.6 is 0 Å². The molecule has 0 aromatic rings. The second kappa shape index (κ2) is 22.1. The van der Waals surface area contributed by atoms with Gasteiger partial charge < -0.3 is 9.66 Å². The van der Waals surface area contributed by atoms with Crippen LogP contribution in [0.5, 0.6) is 0 Å². The molecule has 0 aromatic carbocycles. The molecule has 2 atom stereocenters. The molecule has 2 unspecified atom stereocenters. The molecule has 0 aliphatic rings. The molecule has 0 fully saturated rings. The van der Waals surface area contributed by atoms with Crippen LogP contribution in [0, 0.1) is 0 Å². The predicted molar refractivity (Wildman–Crippen MR) is 119 cm³/mol. The van der Waals surface area contributed by atoms with Crippen LogP contribution in [0.25, 0.3) is 0 Å². The van der Waals surface area contributed by atoms with Crippen molar-refractivity contribution in [1.82, 2.24) is 0 Å². The van der Waals surface area contributed by atoms with Gasteiger partial charge in [0, 0.05) is 0 Å². The fraction of sp³-hybridized carbons (Fsp3) is 1.00. The Morgan fingerprint density at radius 3 is 1.38 bits per heavy atom. The van der Waals surface area contributed by atoms with Crippen molar-refractivity contribution in [2.75, 3.05) is 0 Å². The molecule has 0 saturated carbocycles. The molecule has 29 heavy (non-hydrogen) atoms. The minimum Gasteiger partial charge on any atom is -0.748 e. The first kappa shape index (κ1) is 32.1. The number of hydrogen-bond donors (Lipinski definition) is 1. The summed E-state index contributed by atoms with van der Waals surface area (Å²) < 4.78 is 34.2. The van der Waals surface area contributed by atoms with Gasteiger partial charge in [0.1, 0.15) is 0 Å². The van der Waals surface area contributed by atoms with Gasteiger partial charge in [0.05, 0.1) is 21.5 Å². The van der Waals surface area contributed by atoms with E-state index in [1.165, 1.54) is 77.0 Å². The number of unbranched alkanes of at least 4 members (excludes halogenated alkanes) is 14. The van der Waals surface area contributed by atoms with E-state index in [1.807, 2.05) is 6.92 Å². The third kappa shape index (κ3) is 21.9. The first-order chi connectivity index (χ1) is 13.4. The van der Waals surface area contributed by atoms with Gasteiger partial charge in [-0.25, -0.2) is 8.42 Å². The first-order valence-electron chi connectivity index (χ1n) is 12.0. The van der Waals surface area contributed by atoms with Crippen molar-refractivity contribution in [3.05, 3.63) is 0 Å². The second-order valence-electron chi connectivity index (χ2n) is 8.53. The minimum absolute atomic E-state index is 0. The molecule has 0 heterocycles. The average Bonchev–Trinajstić information content (AvgIpc) is 2.63. The van der Waals surface area contributed by atoms with E-state index in [9.17, 15) is 18.1 Å². The number of aliphatic hydroxyl groups excluding tert-OH is 1. The van der Waals surface area contributed by atoms with Gasteiger partial charge in [-0.05, 0) is 19.3 Å². The molecule has 170 valence electrons. The molecule has 4 nitrogen and oxygen atoms in total. The molecular weight excluding hydrogens is 395 g/mol. The monoisotopic (exact) mass is 442 g/mol. The van der Waals surface area contributed by atoms with Gasteiger partial charge in [0.25, 0.3) is 0 Å². The van der Waals surface area contributed by atoms with Crippen molar-refractivity contribution >= 4 is 10.1 Å². The fourth-order valence-corrected chi connectivity index (χ4v) is 4.79. The van der Waals surface area contributed by atoms with E-state index in [0.29, 0.717) is 12.8 Å². The van der Waals surface area contributed by atoms with Crippen LogP contribution in [-0.2, 0) is 10.1 Å². The van der Waals surface area contributed by atoms with Crippen LogP contribution in [0.1, 0.15) is 136 Å². The second-order valence-corrected chi connectivity index (χ2v) is 10.2. The summed E-state index contributed by atoms with van der Waals surface area (Å²) in [5.41, 5.74) is 0. The standard InChI is InChI=1S/C23H48O4S.Na/c1-3-5-6-7-8-9-10-11-12-13-14-15-16-17-18-20-23(28(25,26)27)21-22(24)19-4-2;/h22-24H,3-21H2,1-2H3,(H,25,26,27);/q;+1/p-1. The Kier molecular flexibility index (Phi) is 24.4. The summed E-state index contributed by atoms with van der Waals surface area (Å²) in [6.45, 7) is 4.20. The Bertz CT molecular complexity index is 429. The van der Waals surface area contributed by atoms with Crippen LogP contribution in [-0.4, -0.2) is 29.4 Å².